The van der Waals surface area contributed by atoms with Gasteiger partial charge in [-0.25, -0.2) is 38.4 Å². The molecule has 6 heterocycles. The Balaban J connectivity index is 1.09. The summed E-state index contributed by atoms with van der Waals surface area (Å²) in [6, 6.07) is 32.1. The van der Waals surface area contributed by atoms with Crippen LogP contribution in [0, 0.1) is 0 Å². The van der Waals surface area contributed by atoms with Crippen LogP contribution in [-0.4, -0.2) is 166 Å². The summed E-state index contributed by atoms with van der Waals surface area (Å²) in [5.41, 5.74) is 3.87. The van der Waals surface area contributed by atoms with Crippen LogP contribution < -0.4 is 39.3 Å². The molecule has 1 unspecified atom stereocenters. The van der Waals surface area contributed by atoms with Crippen molar-refractivity contribution in [2.45, 2.75) is 96.1 Å². The number of carbonyl (C=O) groups excluding carboxylic acids is 3. The first-order chi connectivity index (χ1) is 44.7. The van der Waals surface area contributed by atoms with Crippen LogP contribution in [0.15, 0.2) is 127 Å². The largest absolute Gasteiger partial charge is 0.748 e. The van der Waals surface area contributed by atoms with Gasteiger partial charge in [0.25, 0.3) is 26.1 Å². The molecule has 0 radical (unpaired) electrons. The van der Waals surface area contributed by atoms with Gasteiger partial charge in [-0.2, -0.15) is 43.1 Å². The minimum absolute atomic E-state index is 0.0793. The van der Waals surface area contributed by atoms with Crippen molar-refractivity contribution in [3.63, 3.8) is 0 Å². The second kappa shape index (κ2) is 28.6. The molecule has 0 spiro atoms. The van der Waals surface area contributed by atoms with E-state index >= 15 is 0 Å². The average molecular weight is 1400 g/mol. The number of hydrogen-bond acceptors (Lipinski definition) is 24. The number of aromatic nitrogens is 2. The Kier molecular flexibility index (Phi) is 21.2. The van der Waals surface area contributed by atoms with Gasteiger partial charge in [0.05, 0.1) is 41.3 Å². The molecule has 2 amide bonds. The van der Waals surface area contributed by atoms with E-state index in [-0.39, 0.29) is 75.2 Å². The Hall–Kier alpha value is -7.21. The molecular weight excluding hydrogens is 1330 g/mol. The fourth-order valence-corrected chi connectivity index (χ4v) is 26.6. The molecule has 2 aromatic heterocycles. The Morgan fingerprint density at radius 1 is 0.511 bits per heavy atom. The lowest BCUT2D eigenvalue weighted by atomic mass is 10.1. The second-order valence-electron chi connectivity index (χ2n) is 24.7. The summed E-state index contributed by atoms with van der Waals surface area (Å²) in [5.74, 6) is 14.3. The van der Waals surface area contributed by atoms with Crippen molar-refractivity contribution < 1.29 is 70.3 Å². The zero-order chi connectivity index (χ0) is 67.3. The number of unbranched alkanes of at least 4 members (excludes halogenated alkanes) is 1. The van der Waals surface area contributed by atoms with Gasteiger partial charge in [0.1, 0.15) is 22.6 Å². The van der Waals surface area contributed by atoms with E-state index in [0.29, 0.717) is 112 Å². The Morgan fingerprint density at radius 3 is 1.33 bits per heavy atom. The highest BCUT2D eigenvalue weighted by Crippen LogP contribution is 2.45. The molecule has 6 bridgehead atoms. The fraction of sp³-hybridized carbons (Fsp3) is 0.407. The highest BCUT2D eigenvalue weighted by molar-refractivity contribution is 7.87. The Labute approximate surface area is 547 Å². The maximum Gasteiger partial charge on any atom is 0.582 e. The predicted octanol–water partition coefficient (Wildman–Crippen LogP) is 3.78. The van der Waals surface area contributed by atoms with Crippen LogP contribution in [0.25, 0.3) is 21.5 Å². The summed E-state index contributed by atoms with van der Waals surface area (Å²) < 4.78 is 114. The third kappa shape index (κ3) is 16.0. The summed E-state index contributed by atoms with van der Waals surface area (Å²) in [5, 5.41) is 8.89. The van der Waals surface area contributed by atoms with Gasteiger partial charge >= 0.3 is 14.9 Å². The molecule has 4 aliphatic rings. The Bertz CT molecular complexity index is 4360. The van der Waals surface area contributed by atoms with E-state index in [1.165, 1.54) is 0 Å². The van der Waals surface area contributed by atoms with E-state index in [4.69, 9.17) is 55.9 Å². The lowest BCUT2D eigenvalue weighted by Crippen LogP contribution is -2.70. The molecule has 10 rings (SSSR count). The highest BCUT2D eigenvalue weighted by Gasteiger charge is 2.58. The van der Waals surface area contributed by atoms with Crippen molar-refractivity contribution in [1.82, 2.24) is 19.1 Å². The first-order valence-electron chi connectivity index (χ1n) is 30.8. The zero-order valence-electron chi connectivity index (χ0n) is 52.5. The monoisotopic (exact) mass is 1400 g/mol. The van der Waals surface area contributed by atoms with Crippen LogP contribution in [0.3, 0.4) is 0 Å². The Morgan fingerprint density at radius 2 is 0.904 bits per heavy atom. The van der Waals surface area contributed by atoms with E-state index in [9.17, 15) is 44.2 Å². The average Bonchev–Trinajstić information content (AvgIpc) is 1.52. The number of aliphatic imine (C=N–C) groups is 4. The van der Waals surface area contributed by atoms with Gasteiger partial charge in [0.15, 0.2) is 46.5 Å². The molecule has 0 saturated carbocycles. The zero-order valence-corrected chi connectivity index (χ0v) is 57.9. The summed E-state index contributed by atoms with van der Waals surface area (Å²) in [6.07, 6.45) is 1.50. The van der Waals surface area contributed by atoms with Crippen LogP contribution >= 0.6 is 0 Å². The number of rotatable bonds is 33. The molecule has 1 atom stereocenters. The minimum Gasteiger partial charge on any atom is -0.748 e. The lowest BCUT2D eigenvalue weighted by Gasteiger charge is -2.43. The van der Waals surface area contributed by atoms with E-state index in [0.717, 1.165) is 22.3 Å². The number of amidine groups is 4. The summed E-state index contributed by atoms with van der Waals surface area (Å²) >= 11 is 0. The number of nitrogens with two attached hydrogens (primary N) is 3. The normalized spacial score (nSPS) is 17.9. The first-order valence-corrected chi connectivity index (χ1v) is 43.5. The molecule has 502 valence electrons. The second-order valence-corrected chi connectivity index (χ2v) is 41.3. The maximum absolute atomic E-state index is 14.4. The standard InChI is InChI=1S/C59H76N14O15S3Si3/c1-92(2,38-15-30-63-49(74)28-13-14-29-51(76)84-60)87-94(88-93(3,4)39-16-31-64-50(75)40-73(32-17-35-89(77,78)79,33-18-36-90(80,81)85-61)34-19-37-91(82,83)86-62)71-56-45-24-9-10-25-46(45)58(71)69-54-43-22-7-8-23-44(43)55(66-54)70-59-48-27-12-11-26-47(48)57(72(59)94)68-53-42-21-6-5-20-41(42)52(65-53)67-56/h5-12,20-27H,13-19,28-40,60-62H2,1-4H3,(H2-,63,64,74,75,77,78,79)/b67-52-,67-56?,68-53?,68-57-,69-54-,69-58?,70-55?,70-59-. The van der Waals surface area contributed by atoms with Crippen molar-refractivity contribution in [1.29, 1.82) is 0 Å². The summed E-state index contributed by atoms with van der Waals surface area (Å²) in [7, 11) is -24.4. The summed E-state index contributed by atoms with van der Waals surface area (Å²) in [4.78, 5) is 76.3. The number of fused-ring (bicyclic) bond motifs is 14. The quantitative estimate of drug-likeness (QED) is 0.0129. The maximum atomic E-state index is 14.4. The van der Waals surface area contributed by atoms with Gasteiger partial charge in [-0.05, 0) is 64.0 Å². The SMILES string of the molecule is C[Si](C)(CCCNC(=O)CCCCC(=O)ON)O[Si]1(O[Si](C)(C)CCCNC(=O)C[N+](CCCS(=O)(=O)[O-])(CCCS(=O)(=O)ON)CCCS(=O)(=O)ON)n2c3c4ccccc4c2/N=C2N=C(/N=c4/c5ccccc5/c(n41)=N/C1=NC(=N\3)/c3ccccc31)c1ccccc1\2. The van der Waals surface area contributed by atoms with Crippen LogP contribution in [-0.2, 0) is 66.4 Å². The minimum atomic E-state index is -4.76. The fourth-order valence-electron chi connectivity index (χ4n) is 12.4. The molecule has 94 heavy (non-hydrogen) atoms. The van der Waals surface area contributed by atoms with Gasteiger partial charge in [-0.15, -0.1) is 0 Å². The molecule has 29 nitrogen and oxygen atoms in total. The molecule has 0 aliphatic carbocycles. The number of benzene rings is 4. The van der Waals surface area contributed by atoms with Crippen LogP contribution in [0.2, 0.25) is 38.3 Å². The van der Waals surface area contributed by atoms with E-state index in [2.05, 4.69) is 50.2 Å². The topological polar surface area (TPSA) is 409 Å². The van der Waals surface area contributed by atoms with Crippen LogP contribution in [0.1, 0.15) is 80.0 Å². The van der Waals surface area contributed by atoms with Gasteiger partial charge in [-0.1, -0.05) is 97.1 Å². The molecule has 0 saturated heterocycles. The number of hydrogen-bond donors (Lipinski definition) is 5. The van der Waals surface area contributed by atoms with Crippen molar-refractivity contribution in [3.8, 4) is 0 Å². The number of nitrogens with one attached hydrogen (secondary N) is 2. The molecule has 4 aromatic carbocycles. The third-order valence-electron chi connectivity index (χ3n) is 16.7. The number of nitrogens with zero attached hydrogens (tertiary/aromatic N) is 9. The molecule has 8 N–H and O–H groups in total. The van der Waals surface area contributed by atoms with E-state index < -0.39 is 85.0 Å². The predicted molar refractivity (Wildman–Crippen MR) is 358 cm³/mol. The number of carbonyl (C=O) groups is 3. The first kappa shape index (κ1) is 69.6. The lowest BCUT2D eigenvalue weighted by molar-refractivity contribution is -0.920. The number of quaternary nitrogens is 1. The van der Waals surface area contributed by atoms with Gasteiger partial charge in [0, 0.05) is 94.7 Å². The highest BCUT2D eigenvalue weighted by atomic mass is 32.2. The van der Waals surface area contributed by atoms with Crippen molar-refractivity contribution >= 4 is 130 Å². The smallest absolute Gasteiger partial charge is 0.582 e. The van der Waals surface area contributed by atoms with Crippen LogP contribution in [0.4, 0.5) is 11.6 Å². The molecule has 4 aliphatic heterocycles. The van der Waals surface area contributed by atoms with Crippen molar-refractivity contribution in [2.75, 3.05) is 56.5 Å². The number of amides is 2. The van der Waals surface area contributed by atoms with Gasteiger partial charge in [0.2, 0.25) is 5.91 Å². The van der Waals surface area contributed by atoms with E-state index in [1.807, 2.05) is 106 Å². The molecule has 0 fully saturated rings. The molecule has 35 heteroatoms. The third-order valence-corrected chi connectivity index (χ3v) is 31.3. The van der Waals surface area contributed by atoms with Gasteiger partial charge in [-0.3, -0.25) is 22.8 Å². The van der Waals surface area contributed by atoms with Crippen molar-refractivity contribution in [3.05, 3.63) is 130 Å². The molecule has 6 aromatic rings. The van der Waals surface area contributed by atoms with Crippen molar-refractivity contribution in [2.24, 2.45) is 47.6 Å². The van der Waals surface area contributed by atoms with Gasteiger partial charge < -0.3 is 32.7 Å². The van der Waals surface area contributed by atoms with E-state index in [1.54, 1.807) is 0 Å². The molecular formula is C59H76N14O15S3Si3. The summed E-state index contributed by atoms with van der Waals surface area (Å²) in [6.45, 7) is 8.07. The van der Waals surface area contributed by atoms with Crippen LogP contribution in [0.5, 0.6) is 0 Å².